The molecule has 4 rings (SSSR count). The molecule has 0 saturated carbocycles. The number of nitrogens with zero attached hydrogens (tertiary/aromatic N) is 2. The molecule has 0 spiro atoms. The first-order valence-corrected chi connectivity index (χ1v) is 13.4. The largest absolute Gasteiger partial charge is 0.493 e. The number of unbranched alkanes of at least 4 members (excludes halogenated alkanes) is 1. The Morgan fingerprint density at radius 3 is 2.68 bits per heavy atom. The molecule has 9 heteroatoms. The summed E-state index contributed by atoms with van der Waals surface area (Å²) < 4.78 is 17.2. The number of benzene rings is 2. The summed E-state index contributed by atoms with van der Waals surface area (Å²) in [6.45, 7) is 4.88. The van der Waals surface area contributed by atoms with Gasteiger partial charge in [0.25, 0.3) is 0 Å². The van der Waals surface area contributed by atoms with E-state index < -0.39 is 17.9 Å². The van der Waals surface area contributed by atoms with Crippen molar-refractivity contribution >= 4 is 11.9 Å². The number of aliphatic carboxylic acids is 1. The third-order valence-corrected chi connectivity index (χ3v) is 7.53. The second-order valence-corrected chi connectivity index (χ2v) is 9.92. The molecule has 0 aliphatic carbocycles. The van der Waals surface area contributed by atoms with Crippen molar-refractivity contribution in [3.63, 3.8) is 0 Å². The van der Waals surface area contributed by atoms with Crippen LogP contribution in [-0.4, -0.2) is 85.9 Å². The molecule has 206 valence electrons. The van der Waals surface area contributed by atoms with E-state index in [-0.39, 0.29) is 25.0 Å². The van der Waals surface area contributed by atoms with Crippen LogP contribution in [0, 0.1) is 5.92 Å². The Balaban J connectivity index is 1.62. The molecule has 2 heterocycles. The van der Waals surface area contributed by atoms with E-state index in [0.29, 0.717) is 44.3 Å². The van der Waals surface area contributed by atoms with Crippen molar-refractivity contribution in [3.05, 3.63) is 53.6 Å². The van der Waals surface area contributed by atoms with Gasteiger partial charge < -0.3 is 30.0 Å². The van der Waals surface area contributed by atoms with E-state index in [2.05, 4.69) is 13.0 Å². The molecular formula is C29H39N3O6. The van der Waals surface area contributed by atoms with E-state index >= 15 is 0 Å². The zero-order valence-corrected chi connectivity index (χ0v) is 22.3. The molecule has 2 aromatic carbocycles. The van der Waals surface area contributed by atoms with Crippen LogP contribution < -0.4 is 19.9 Å². The lowest BCUT2D eigenvalue weighted by Gasteiger charge is -2.29. The average Bonchev–Trinajstić information content (AvgIpc) is 3.54. The summed E-state index contributed by atoms with van der Waals surface area (Å²) in [4.78, 5) is 29.9. The number of fused-ring (bicyclic) bond motifs is 1. The number of methoxy groups -OCH3 is 1. The first-order valence-electron chi connectivity index (χ1n) is 13.4. The van der Waals surface area contributed by atoms with Crippen LogP contribution in [0.4, 0.5) is 0 Å². The summed E-state index contributed by atoms with van der Waals surface area (Å²) >= 11 is 0. The van der Waals surface area contributed by atoms with Gasteiger partial charge in [0, 0.05) is 38.5 Å². The SMILES string of the molecule is CCCCN(CCN)C(=O)CN1CC(c2ccc3c(c2)CCO3)C(C(=O)O)C1COc1ccccc1OC. The van der Waals surface area contributed by atoms with Crippen LogP contribution in [0.25, 0.3) is 0 Å². The molecule has 3 unspecified atom stereocenters. The summed E-state index contributed by atoms with van der Waals surface area (Å²) in [5.74, 6) is -0.0267. The van der Waals surface area contributed by atoms with E-state index in [1.807, 2.05) is 29.2 Å². The molecule has 0 bridgehead atoms. The third-order valence-electron chi connectivity index (χ3n) is 7.53. The number of amides is 1. The number of likely N-dealkylation sites (tertiary alicyclic amines) is 1. The zero-order valence-electron chi connectivity index (χ0n) is 22.3. The minimum absolute atomic E-state index is 0.0432. The first-order chi connectivity index (χ1) is 18.5. The number of nitrogens with two attached hydrogens (primary N) is 1. The molecule has 3 atom stereocenters. The minimum atomic E-state index is -0.903. The summed E-state index contributed by atoms with van der Waals surface area (Å²) in [7, 11) is 1.57. The van der Waals surface area contributed by atoms with Crippen molar-refractivity contribution in [2.75, 3.05) is 53.0 Å². The number of carboxylic acids is 1. The summed E-state index contributed by atoms with van der Waals surface area (Å²) in [6, 6.07) is 12.7. The van der Waals surface area contributed by atoms with Crippen molar-refractivity contribution in [2.45, 2.75) is 38.1 Å². The molecule has 2 aliphatic heterocycles. The van der Waals surface area contributed by atoms with Crippen molar-refractivity contribution in [1.29, 1.82) is 0 Å². The smallest absolute Gasteiger partial charge is 0.308 e. The van der Waals surface area contributed by atoms with Crippen LogP contribution in [0.5, 0.6) is 17.2 Å². The van der Waals surface area contributed by atoms with Gasteiger partial charge >= 0.3 is 5.97 Å². The maximum Gasteiger partial charge on any atom is 0.308 e. The van der Waals surface area contributed by atoms with E-state index in [1.165, 1.54) is 0 Å². The highest BCUT2D eigenvalue weighted by molar-refractivity contribution is 5.79. The van der Waals surface area contributed by atoms with Crippen molar-refractivity contribution in [1.82, 2.24) is 9.80 Å². The fraction of sp³-hybridized carbons (Fsp3) is 0.517. The van der Waals surface area contributed by atoms with Gasteiger partial charge in [0.2, 0.25) is 5.91 Å². The van der Waals surface area contributed by atoms with Crippen LogP contribution in [0.15, 0.2) is 42.5 Å². The Morgan fingerprint density at radius 1 is 1.18 bits per heavy atom. The van der Waals surface area contributed by atoms with Crippen molar-refractivity contribution in [2.24, 2.45) is 11.7 Å². The van der Waals surface area contributed by atoms with Gasteiger partial charge in [-0.3, -0.25) is 14.5 Å². The highest BCUT2D eigenvalue weighted by Gasteiger charge is 2.48. The van der Waals surface area contributed by atoms with Gasteiger partial charge in [0.05, 0.1) is 32.2 Å². The molecule has 1 amide bonds. The Bertz CT molecular complexity index is 1110. The number of ether oxygens (including phenoxy) is 3. The quantitative estimate of drug-likeness (QED) is 0.410. The highest BCUT2D eigenvalue weighted by atomic mass is 16.5. The number of rotatable bonds is 13. The molecule has 3 N–H and O–H groups in total. The van der Waals surface area contributed by atoms with E-state index in [1.54, 1.807) is 24.1 Å². The normalized spacial score (nSPS) is 20.6. The van der Waals surface area contributed by atoms with Gasteiger partial charge in [0.1, 0.15) is 12.4 Å². The summed E-state index contributed by atoms with van der Waals surface area (Å²) in [5.41, 5.74) is 7.83. The fourth-order valence-corrected chi connectivity index (χ4v) is 5.53. The fourth-order valence-electron chi connectivity index (χ4n) is 5.53. The monoisotopic (exact) mass is 525 g/mol. The Hall–Kier alpha value is -3.30. The lowest BCUT2D eigenvalue weighted by atomic mass is 9.84. The summed E-state index contributed by atoms with van der Waals surface area (Å²) in [5, 5.41) is 10.4. The molecule has 1 saturated heterocycles. The average molecular weight is 526 g/mol. The van der Waals surface area contributed by atoms with Crippen LogP contribution in [0.1, 0.15) is 36.8 Å². The lowest BCUT2D eigenvalue weighted by molar-refractivity contribution is -0.144. The van der Waals surface area contributed by atoms with Gasteiger partial charge in [-0.2, -0.15) is 0 Å². The molecule has 1 fully saturated rings. The van der Waals surface area contributed by atoms with Crippen LogP contribution in [-0.2, 0) is 16.0 Å². The van der Waals surface area contributed by atoms with Gasteiger partial charge in [0.15, 0.2) is 11.5 Å². The molecular weight excluding hydrogens is 486 g/mol. The molecule has 0 radical (unpaired) electrons. The number of hydrogen-bond acceptors (Lipinski definition) is 7. The lowest BCUT2D eigenvalue weighted by Crippen LogP contribution is -2.47. The predicted molar refractivity (Wildman–Crippen MR) is 144 cm³/mol. The Morgan fingerprint density at radius 2 is 1.97 bits per heavy atom. The molecule has 2 aromatic rings. The van der Waals surface area contributed by atoms with Gasteiger partial charge in [-0.25, -0.2) is 0 Å². The molecule has 9 nitrogen and oxygen atoms in total. The molecule has 38 heavy (non-hydrogen) atoms. The second kappa shape index (κ2) is 13.0. The zero-order chi connectivity index (χ0) is 27.1. The highest BCUT2D eigenvalue weighted by Crippen LogP contribution is 2.40. The number of carbonyl (C=O) groups is 2. The van der Waals surface area contributed by atoms with Crippen LogP contribution >= 0.6 is 0 Å². The Kier molecular flexibility index (Phi) is 9.47. The van der Waals surface area contributed by atoms with Crippen LogP contribution in [0.2, 0.25) is 0 Å². The maximum atomic E-state index is 13.4. The van der Waals surface area contributed by atoms with Crippen molar-refractivity contribution < 1.29 is 28.9 Å². The van der Waals surface area contributed by atoms with E-state index in [4.69, 9.17) is 19.9 Å². The number of carboxylic acid groups (broad SMARTS) is 1. The van der Waals surface area contributed by atoms with Crippen molar-refractivity contribution in [3.8, 4) is 17.2 Å². The molecule has 2 aliphatic rings. The number of para-hydroxylation sites is 2. The third kappa shape index (κ3) is 6.22. The van der Waals surface area contributed by atoms with E-state index in [9.17, 15) is 14.7 Å². The number of carbonyl (C=O) groups excluding carboxylic acids is 1. The van der Waals surface area contributed by atoms with Gasteiger partial charge in [-0.05, 0) is 35.7 Å². The van der Waals surface area contributed by atoms with Gasteiger partial charge in [-0.15, -0.1) is 0 Å². The van der Waals surface area contributed by atoms with Crippen LogP contribution in [0.3, 0.4) is 0 Å². The standard InChI is InChI=1S/C29H39N3O6/c1-3-4-13-31(14-12-30)27(33)18-32-17-22(20-9-10-24-21(16-20)11-15-37-24)28(29(34)35)23(32)19-38-26-8-6-5-7-25(26)36-2/h5-10,16,22-23,28H,3-4,11-15,17-19,30H2,1-2H3,(H,34,35). The minimum Gasteiger partial charge on any atom is -0.493 e. The second-order valence-electron chi connectivity index (χ2n) is 9.92. The van der Waals surface area contributed by atoms with Gasteiger partial charge in [-0.1, -0.05) is 37.6 Å². The van der Waals surface area contributed by atoms with E-state index in [0.717, 1.165) is 36.1 Å². The Labute approximate surface area is 224 Å². The number of hydrogen-bond donors (Lipinski definition) is 2. The molecule has 0 aromatic heterocycles. The topological polar surface area (TPSA) is 115 Å². The first kappa shape index (κ1) is 27.7. The predicted octanol–water partition coefficient (Wildman–Crippen LogP) is 2.77. The maximum absolute atomic E-state index is 13.4. The summed E-state index contributed by atoms with van der Waals surface area (Å²) in [6.07, 6.45) is 2.67.